The van der Waals surface area contributed by atoms with Crippen LogP contribution in [0.25, 0.3) is 46.0 Å². The molecule has 1 fully saturated rings. The summed E-state index contributed by atoms with van der Waals surface area (Å²) in [6, 6.07) is 8.32. The highest BCUT2D eigenvalue weighted by Gasteiger charge is 2.17. The molecule has 0 bridgehead atoms. The van der Waals surface area contributed by atoms with Gasteiger partial charge < -0.3 is 10.3 Å². The molecule has 1 saturated heterocycles. The minimum Gasteiger partial charge on any atom is -0.335 e. The molecule has 0 radical (unpaired) electrons. The van der Waals surface area contributed by atoms with Crippen molar-refractivity contribution in [2.24, 2.45) is 5.92 Å². The van der Waals surface area contributed by atoms with Crippen molar-refractivity contribution in [2.45, 2.75) is 19.8 Å². The SMILES string of the molecule is C=C(/C=c1/c(-c2nc3nccc(-c4ccc(F)cc4)c3[nH]2)n[nH]/c1=C/C)C1CCNCC1. The first-order valence-electron chi connectivity index (χ1n) is 10.9. The number of piperidine rings is 1. The van der Waals surface area contributed by atoms with Crippen LogP contribution in [0.15, 0.2) is 48.7 Å². The van der Waals surface area contributed by atoms with E-state index in [4.69, 9.17) is 4.98 Å². The second-order valence-corrected chi connectivity index (χ2v) is 8.08. The number of rotatable bonds is 4. The van der Waals surface area contributed by atoms with Crippen LogP contribution in [0.1, 0.15) is 19.8 Å². The third-order valence-corrected chi connectivity index (χ3v) is 6.09. The van der Waals surface area contributed by atoms with Crippen LogP contribution in [-0.2, 0) is 0 Å². The lowest BCUT2D eigenvalue weighted by Crippen LogP contribution is -2.29. The fourth-order valence-electron chi connectivity index (χ4n) is 4.30. The molecule has 0 saturated carbocycles. The molecule has 1 aliphatic rings. The summed E-state index contributed by atoms with van der Waals surface area (Å²) >= 11 is 0. The second-order valence-electron chi connectivity index (χ2n) is 8.08. The molecule has 6 nitrogen and oxygen atoms in total. The Morgan fingerprint density at radius 2 is 1.94 bits per heavy atom. The minimum absolute atomic E-state index is 0.265. The highest BCUT2D eigenvalue weighted by molar-refractivity contribution is 5.91. The van der Waals surface area contributed by atoms with Gasteiger partial charge in [0, 0.05) is 17.0 Å². The minimum atomic E-state index is -0.265. The van der Waals surface area contributed by atoms with Crippen LogP contribution >= 0.6 is 0 Å². The zero-order chi connectivity index (χ0) is 22.1. The Kier molecular flexibility index (Phi) is 5.41. The molecule has 0 unspecified atom stereocenters. The molecule has 32 heavy (non-hydrogen) atoms. The fraction of sp³-hybridized carbons (Fsp3) is 0.240. The molecule has 0 atom stereocenters. The maximum Gasteiger partial charge on any atom is 0.178 e. The van der Waals surface area contributed by atoms with E-state index in [0.717, 1.165) is 64.4 Å². The van der Waals surface area contributed by atoms with Gasteiger partial charge in [-0.3, -0.25) is 5.10 Å². The highest BCUT2D eigenvalue weighted by atomic mass is 19.1. The van der Waals surface area contributed by atoms with Gasteiger partial charge in [-0.05, 0) is 68.6 Å². The molecule has 0 spiro atoms. The topological polar surface area (TPSA) is 82.3 Å². The van der Waals surface area contributed by atoms with Gasteiger partial charge in [0.05, 0.1) is 10.9 Å². The Morgan fingerprint density at radius 3 is 2.69 bits per heavy atom. The zero-order valence-corrected chi connectivity index (χ0v) is 18.0. The summed E-state index contributed by atoms with van der Waals surface area (Å²) < 4.78 is 13.4. The van der Waals surface area contributed by atoms with E-state index >= 15 is 0 Å². The number of halogens is 1. The normalized spacial score (nSPS) is 16.2. The van der Waals surface area contributed by atoms with E-state index in [0.29, 0.717) is 17.4 Å². The summed E-state index contributed by atoms with van der Waals surface area (Å²) in [7, 11) is 0. The number of benzene rings is 1. The van der Waals surface area contributed by atoms with Crippen molar-refractivity contribution >= 4 is 23.3 Å². The highest BCUT2D eigenvalue weighted by Crippen LogP contribution is 2.28. The summed E-state index contributed by atoms with van der Waals surface area (Å²) in [4.78, 5) is 12.5. The lowest BCUT2D eigenvalue weighted by atomic mass is 9.90. The average Bonchev–Trinajstić information content (AvgIpc) is 3.43. The molecule has 3 aromatic heterocycles. The Morgan fingerprint density at radius 1 is 1.16 bits per heavy atom. The summed E-state index contributed by atoms with van der Waals surface area (Å²) in [5.41, 5.74) is 5.04. The van der Waals surface area contributed by atoms with Crippen molar-refractivity contribution < 1.29 is 4.39 Å². The van der Waals surface area contributed by atoms with Gasteiger partial charge in [0.2, 0.25) is 0 Å². The van der Waals surface area contributed by atoms with E-state index in [1.165, 1.54) is 12.1 Å². The predicted molar refractivity (Wildman–Crippen MR) is 125 cm³/mol. The summed E-state index contributed by atoms with van der Waals surface area (Å²) in [6.07, 6.45) is 8.02. The van der Waals surface area contributed by atoms with E-state index in [1.54, 1.807) is 18.3 Å². The molecular formula is C25H25FN6. The average molecular weight is 429 g/mol. The first kappa shape index (κ1) is 20.3. The number of allylic oxidation sites excluding steroid dienone is 1. The first-order valence-corrected chi connectivity index (χ1v) is 10.9. The molecule has 0 amide bonds. The van der Waals surface area contributed by atoms with Crippen molar-refractivity contribution in [1.82, 2.24) is 30.5 Å². The summed E-state index contributed by atoms with van der Waals surface area (Å²) in [5, 5.41) is 13.0. The quantitative estimate of drug-likeness (QED) is 0.466. The van der Waals surface area contributed by atoms with Crippen molar-refractivity contribution in [3.05, 3.63) is 65.1 Å². The van der Waals surface area contributed by atoms with Crippen molar-refractivity contribution in [3.63, 3.8) is 0 Å². The largest absolute Gasteiger partial charge is 0.335 e. The van der Waals surface area contributed by atoms with Crippen LogP contribution in [0.3, 0.4) is 0 Å². The van der Waals surface area contributed by atoms with Crippen LogP contribution in [0, 0.1) is 11.7 Å². The van der Waals surface area contributed by atoms with Crippen LogP contribution in [-0.4, -0.2) is 38.2 Å². The number of imidazole rings is 1. The maximum atomic E-state index is 13.4. The van der Waals surface area contributed by atoms with E-state index in [2.05, 4.69) is 38.1 Å². The van der Waals surface area contributed by atoms with Gasteiger partial charge in [-0.2, -0.15) is 5.10 Å². The van der Waals surface area contributed by atoms with Gasteiger partial charge in [-0.1, -0.05) is 30.4 Å². The zero-order valence-electron chi connectivity index (χ0n) is 18.0. The van der Waals surface area contributed by atoms with E-state index in [9.17, 15) is 4.39 Å². The smallest absolute Gasteiger partial charge is 0.178 e. The number of aromatic amines is 2. The number of hydrogen-bond acceptors (Lipinski definition) is 4. The first-order chi connectivity index (χ1) is 15.6. The lowest BCUT2D eigenvalue weighted by molar-refractivity contribution is 0.428. The Bertz CT molecular complexity index is 1390. The molecule has 5 rings (SSSR count). The molecule has 3 N–H and O–H groups in total. The number of pyridine rings is 1. The number of aromatic nitrogens is 5. The van der Waals surface area contributed by atoms with Crippen molar-refractivity contribution in [2.75, 3.05) is 13.1 Å². The maximum absolute atomic E-state index is 13.4. The molecule has 162 valence electrons. The van der Waals surface area contributed by atoms with Crippen LogP contribution in [0.2, 0.25) is 0 Å². The van der Waals surface area contributed by atoms with E-state index in [1.807, 2.05) is 19.1 Å². The van der Waals surface area contributed by atoms with Gasteiger partial charge in [0.25, 0.3) is 0 Å². The molecule has 7 heteroatoms. The summed E-state index contributed by atoms with van der Waals surface area (Å²) in [5.74, 6) is 0.834. The molecule has 4 aromatic rings. The molecular weight excluding hydrogens is 403 g/mol. The molecule has 1 aromatic carbocycles. The number of fused-ring (bicyclic) bond motifs is 1. The Hall–Kier alpha value is -3.58. The Balaban J connectivity index is 1.61. The standard InChI is InChI=1S/C25H25FN6/c1-3-21-20(14-15(2)16-8-11-27-12-9-16)23(32-31-21)25-29-22-19(10-13-28-24(22)30-25)17-4-6-18(26)7-5-17/h3-7,10,13-14,16,27,31H,2,8-9,11-12H2,1H3,(H,28,29,30)/b20-14+,21-3+. The van der Waals surface area contributed by atoms with Gasteiger partial charge in [-0.15, -0.1) is 0 Å². The van der Waals surface area contributed by atoms with Crippen molar-refractivity contribution in [1.29, 1.82) is 0 Å². The van der Waals surface area contributed by atoms with Gasteiger partial charge in [0.1, 0.15) is 11.5 Å². The lowest BCUT2D eigenvalue weighted by Gasteiger charge is -2.22. The summed E-state index contributed by atoms with van der Waals surface area (Å²) in [6.45, 7) is 8.37. The number of nitrogens with zero attached hydrogens (tertiary/aromatic N) is 3. The third kappa shape index (κ3) is 3.76. The van der Waals surface area contributed by atoms with Gasteiger partial charge in [0.15, 0.2) is 11.5 Å². The van der Waals surface area contributed by atoms with E-state index < -0.39 is 0 Å². The number of nitrogens with one attached hydrogen (secondary N) is 3. The predicted octanol–water partition coefficient (Wildman–Crippen LogP) is 3.29. The molecule has 1 aliphatic heterocycles. The molecule has 4 heterocycles. The number of H-pyrrole nitrogens is 2. The van der Waals surface area contributed by atoms with Crippen LogP contribution in [0.5, 0.6) is 0 Å². The Labute approximate surface area is 185 Å². The number of hydrogen-bond donors (Lipinski definition) is 3. The van der Waals surface area contributed by atoms with Crippen LogP contribution < -0.4 is 15.9 Å². The van der Waals surface area contributed by atoms with Crippen LogP contribution in [0.4, 0.5) is 4.39 Å². The van der Waals surface area contributed by atoms with Crippen molar-refractivity contribution in [3.8, 4) is 22.6 Å². The second kappa shape index (κ2) is 8.51. The monoisotopic (exact) mass is 428 g/mol. The van der Waals surface area contributed by atoms with E-state index in [-0.39, 0.29) is 5.82 Å². The van der Waals surface area contributed by atoms with Gasteiger partial charge >= 0.3 is 0 Å². The van der Waals surface area contributed by atoms with Gasteiger partial charge in [-0.25, -0.2) is 14.4 Å². The molecule has 0 aliphatic carbocycles. The third-order valence-electron chi connectivity index (χ3n) is 6.09. The fourth-order valence-corrected chi connectivity index (χ4v) is 4.30.